The molecule has 0 saturated heterocycles. The van der Waals surface area contributed by atoms with E-state index in [0.717, 1.165) is 29.6 Å². The molecule has 4 heteroatoms. The second-order valence-corrected chi connectivity index (χ2v) is 10.9. The van der Waals surface area contributed by atoms with Crippen molar-refractivity contribution >= 4 is 16.3 Å². The van der Waals surface area contributed by atoms with Crippen LogP contribution in [0.25, 0.3) is 16.3 Å². The zero-order chi connectivity index (χ0) is 23.6. The van der Waals surface area contributed by atoms with E-state index in [0.29, 0.717) is 23.9 Å². The Morgan fingerprint density at radius 3 is 2.69 bits per heavy atom. The number of rotatable bonds is 6. The third-order valence-corrected chi connectivity index (χ3v) is 8.63. The number of hydrogen-bond donors (Lipinski definition) is 1. The van der Waals surface area contributed by atoms with Crippen molar-refractivity contribution in [2.24, 2.45) is 11.8 Å². The van der Waals surface area contributed by atoms with Gasteiger partial charge in [0.05, 0.1) is 0 Å². The van der Waals surface area contributed by atoms with E-state index in [-0.39, 0.29) is 0 Å². The molecule has 2 aromatic carbocycles. The molecule has 0 bridgehead atoms. The van der Waals surface area contributed by atoms with Crippen molar-refractivity contribution in [3.05, 3.63) is 78.0 Å². The molecular formula is C31H37N3O. The van der Waals surface area contributed by atoms with Gasteiger partial charge in [-0.05, 0) is 73.6 Å². The maximum absolute atomic E-state index is 5.62. The van der Waals surface area contributed by atoms with Crippen LogP contribution in [0.3, 0.4) is 0 Å². The van der Waals surface area contributed by atoms with Gasteiger partial charge < -0.3 is 9.84 Å². The quantitative estimate of drug-likeness (QED) is 0.403. The summed E-state index contributed by atoms with van der Waals surface area (Å²) in [6, 6.07) is 16.4. The predicted molar refractivity (Wildman–Crippen MR) is 142 cm³/mol. The Bertz CT molecular complexity index is 1210. The van der Waals surface area contributed by atoms with Gasteiger partial charge in [0.15, 0.2) is 0 Å². The third-order valence-electron chi connectivity index (χ3n) is 8.63. The molecule has 35 heavy (non-hydrogen) atoms. The number of allylic oxidation sites excluding steroid dienone is 4. The highest BCUT2D eigenvalue weighted by molar-refractivity contribution is 5.86. The minimum atomic E-state index is 0.352. The van der Waals surface area contributed by atoms with Crippen LogP contribution in [0.15, 0.2) is 65.2 Å². The van der Waals surface area contributed by atoms with Gasteiger partial charge in [-0.1, -0.05) is 85.1 Å². The number of fused-ring (bicyclic) bond motifs is 1. The Morgan fingerprint density at radius 2 is 1.83 bits per heavy atom. The van der Waals surface area contributed by atoms with E-state index in [4.69, 9.17) is 9.51 Å². The lowest BCUT2D eigenvalue weighted by Crippen LogP contribution is -2.37. The molecule has 0 spiro atoms. The van der Waals surface area contributed by atoms with E-state index in [1.54, 1.807) is 0 Å². The second kappa shape index (κ2) is 10.1. The van der Waals surface area contributed by atoms with Gasteiger partial charge in [-0.15, -0.1) is 0 Å². The Balaban J connectivity index is 1.07. The molecule has 0 radical (unpaired) electrons. The molecule has 4 atom stereocenters. The van der Waals surface area contributed by atoms with Crippen molar-refractivity contribution in [3.8, 4) is 0 Å². The number of nitrogens with one attached hydrogen (secondary N) is 1. The largest absolute Gasteiger partial charge is 0.339 e. The van der Waals surface area contributed by atoms with Crippen LogP contribution >= 0.6 is 0 Å². The topological polar surface area (TPSA) is 51.0 Å². The summed E-state index contributed by atoms with van der Waals surface area (Å²) in [6.45, 7) is 2.33. The van der Waals surface area contributed by atoms with E-state index in [1.807, 2.05) is 0 Å². The van der Waals surface area contributed by atoms with Gasteiger partial charge in [-0.2, -0.15) is 4.98 Å². The van der Waals surface area contributed by atoms with E-state index >= 15 is 0 Å². The summed E-state index contributed by atoms with van der Waals surface area (Å²) in [5.41, 5.74) is 2.54. The maximum atomic E-state index is 5.62. The minimum absolute atomic E-state index is 0.352. The maximum Gasteiger partial charge on any atom is 0.230 e. The van der Waals surface area contributed by atoms with Crippen molar-refractivity contribution in [1.82, 2.24) is 15.5 Å². The van der Waals surface area contributed by atoms with Crippen LogP contribution in [-0.2, 0) is 0 Å². The van der Waals surface area contributed by atoms with E-state index in [2.05, 4.69) is 78.1 Å². The van der Waals surface area contributed by atoms with Crippen LogP contribution in [0.1, 0.15) is 93.9 Å². The average molecular weight is 468 g/mol. The van der Waals surface area contributed by atoms with Crippen molar-refractivity contribution in [3.63, 3.8) is 0 Å². The van der Waals surface area contributed by atoms with Gasteiger partial charge in [0.1, 0.15) is 0 Å². The van der Waals surface area contributed by atoms with Crippen molar-refractivity contribution in [2.45, 2.75) is 82.7 Å². The van der Waals surface area contributed by atoms with Gasteiger partial charge >= 0.3 is 0 Å². The smallest absolute Gasteiger partial charge is 0.230 e. The number of benzene rings is 2. The molecule has 3 aliphatic carbocycles. The Morgan fingerprint density at radius 1 is 0.971 bits per heavy atom. The Labute approximate surface area is 208 Å². The molecule has 2 saturated carbocycles. The number of aromatic nitrogens is 2. The van der Waals surface area contributed by atoms with Crippen LogP contribution in [-0.4, -0.2) is 16.2 Å². The molecule has 3 aliphatic rings. The first-order valence-corrected chi connectivity index (χ1v) is 13.7. The van der Waals surface area contributed by atoms with Gasteiger partial charge in [0.2, 0.25) is 11.7 Å². The average Bonchev–Trinajstić information content (AvgIpc) is 3.61. The molecule has 2 fully saturated rings. The second-order valence-electron chi connectivity index (χ2n) is 10.9. The first kappa shape index (κ1) is 22.7. The molecule has 3 unspecified atom stereocenters. The molecule has 4 nitrogen and oxygen atoms in total. The highest BCUT2D eigenvalue weighted by Crippen LogP contribution is 2.38. The summed E-state index contributed by atoms with van der Waals surface area (Å²) in [5, 5.41) is 11.0. The van der Waals surface area contributed by atoms with Crippen LogP contribution < -0.4 is 5.32 Å². The number of nitrogens with zero attached hydrogens (tertiary/aromatic N) is 2. The zero-order valence-corrected chi connectivity index (χ0v) is 20.8. The van der Waals surface area contributed by atoms with Gasteiger partial charge in [0, 0.05) is 23.6 Å². The molecule has 182 valence electrons. The normalized spacial score (nSPS) is 26.2. The highest BCUT2D eigenvalue weighted by atomic mass is 16.5. The summed E-state index contributed by atoms with van der Waals surface area (Å²) >= 11 is 0. The first-order valence-electron chi connectivity index (χ1n) is 13.7. The Kier molecular flexibility index (Phi) is 6.56. The first-order chi connectivity index (χ1) is 17.2. The van der Waals surface area contributed by atoms with Crippen LogP contribution in [0.4, 0.5) is 0 Å². The third kappa shape index (κ3) is 4.86. The van der Waals surface area contributed by atoms with Crippen LogP contribution in [0.5, 0.6) is 0 Å². The number of hydrogen-bond acceptors (Lipinski definition) is 4. The monoisotopic (exact) mass is 467 g/mol. The molecule has 1 heterocycles. The van der Waals surface area contributed by atoms with Crippen molar-refractivity contribution < 1.29 is 4.52 Å². The fourth-order valence-electron chi connectivity index (χ4n) is 6.68. The van der Waals surface area contributed by atoms with Gasteiger partial charge in [-0.25, -0.2) is 0 Å². The summed E-state index contributed by atoms with van der Waals surface area (Å²) in [6.07, 6.45) is 18.2. The van der Waals surface area contributed by atoms with Crippen molar-refractivity contribution in [1.29, 1.82) is 0 Å². The van der Waals surface area contributed by atoms with Crippen LogP contribution in [0, 0.1) is 11.8 Å². The van der Waals surface area contributed by atoms with E-state index < -0.39 is 0 Å². The molecule has 3 aromatic rings. The predicted octanol–water partition coefficient (Wildman–Crippen LogP) is 7.75. The van der Waals surface area contributed by atoms with E-state index in [9.17, 15) is 0 Å². The lowest BCUT2D eigenvalue weighted by Gasteiger charge is -2.36. The summed E-state index contributed by atoms with van der Waals surface area (Å²) in [4.78, 5) is 4.74. The summed E-state index contributed by atoms with van der Waals surface area (Å²) in [7, 11) is 0. The fourth-order valence-corrected chi connectivity index (χ4v) is 6.68. The SMILES string of the molecule is CC(NC1CCC[C@H](C2C=CC(c3noc(C4CCCC4)n3)=CC2)C1)c1cccc2ccccc12. The fraction of sp³-hybridized carbons (Fsp3) is 0.484. The molecule has 1 aromatic heterocycles. The van der Waals surface area contributed by atoms with Gasteiger partial charge in [-0.3, -0.25) is 0 Å². The Hall–Kier alpha value is -2.72. The zero-order valence-electron chi connectivity index (χ0n) is 20.8. The highest BCUT2D eigenvalue weighted by Gasteiger charge is 2.29. The lowest BCUT2D eigenvalue weighted by atomic mass is 9.74. The standard InChI is InChI=1S/C31H37N3O/c1-21(28-15-7-11-23-8-4-5-14-29(23)28)32-27-13-6-12-26(20-27)22-16-18-24(19-17-22)30-33-31(35-34-30)25-9-2-3-10-25/h4-5,7-8,11,14-16,18-19,21-22,25-27,32H,2-3,6,9-10,12-13,17,20H2,1H3/t21?,22?,26-,27?/m0/s1. The molecular weight excluding hydrogens is 430 g/mol. The summed E-state index contributed by atoms with van der Waals surface area (Å²) < 4.78 is 5.62. The lowest BCUT2D eigenvalue weighted by molar-refractivity contribution is 0.228. The van der Waals surface area contributed by atoms with Crippen molar-refractivity contribution in [2.75, 3.05) is 0 Å². The van der Waals surface area contributed by atoms with Gasteiger partial charge in [0.25, 0.3) is 0 Å². The molecule has 1 N–H and O–H groups in total. The molecule has 0 aliphatic heterocycles. The summed E-state index contributed by atoms with van der Waals surface area (Å²) in [5.74, 6) is 3.43. The van der Waals surface area contributed by atoms with E-state index in [1.165, 1.54) is 67.7 Å². The molecule has 0 amide bonds. The molecule has 6 rings (SSSR count). The van der Waals surface area contributed by atoms with Crippen LogP contribution in [0.2, 0.25) is 0 Å². The minimum Gasteiger partial charge on any atom is -0.339 e.